The number of alkyl halides is 3. The van der Waals surface area contributed by atoms with Gasteiger partial charge < -0.3 is 15.0 Å². The van der Waals surface area contributed by atoms with Crippen LogP contribution >= 0.6 is 0 Å². The van der Waals surface area contributed by atoms with E-state index in [9.17, 15) is 27.6 Å². The minimum Gasteiger partial charge on any atom is -0.497 e. The first kappa shape index (κ1) is 24.6. The summed E-state index contributed by atoms with van der Waals surface area (Å²) in [5.74, 6) is 0.176. The number of ether oxygens (including phenoxy) is 1. The molecule has 9 nitrogen and oxygen atoms in total. The fourth-order valence-corrected chi connectivity index (χ4v) is 3.84. The van der Waals surface area contributed by atoms with Crippen molar-refractivity contribution in [3.8, 4) is 17.1 Å². The molecule has 1 aromatic heterocycles. The first-order chi connectivity index (χ1) is 17.2. The van der Waals surface area contributed by atoms with Crippen molar-refractivity contribution in [3.63, 3.8) is 0 Å². The summed E-state index contributed by atoms with van der Waals surface area (Å²) in [4.78, 5) is 44.8. The number of rotatable bonds is 7. The highest BCUT2D eigenvalue weighted by atomic mass is 19.4. The highest BCUT2D eigenvalue weighted by Gasteiger charge is 2.33. The smallest absolute Gasteiger partial charge is 0.433 e. The number of fused-ring (bicyclic) bond motifs is 1. The van der Waals surface area contributed by atoms with Gasteiger partial charge in [0, 0.05) is 30.4 Å². The Morgan fingerprint density at radius 3 is 2.61 bits per heavy atom. The SMILES string of the molecule is COc1ccc2c(c1)C(=O)N(C[C@H](NC(=O)NC=O)c1ccc(-c3nccc(C(F)(F)F)n3)cc1)C2. The van der Waals surface area contributed by atoms with Gasteiger partial charge in [-0.3, -0.25) is 14.9 Å². The molecule has 4 amide bonds. The Morgan fingerprint density at radius 2 is 1.94 bits per heavy atom. The molecule has 1 aliphatic rings. The molecule has 0 aliphatic carbocycles. The van der Waals surface area contributed by atoms with Crippen molar-refractivity contribution < 1.29 is 32.3 Å². The lowest BCUT2D eigenvalue weighted by atomic mass is 10.0. The van der Waals surface area contributed by atoms with Gasteiger partial charge in [0.15, 0.2) is 5.82 Å². The van der Waals surface area contributed by atoms with E-state index in [2.05, 4.69) is 15.3 Å². The van der Waals surface area contributed by atoms with E-state index in [0.717, 1.165) is 17.8 Å². The number of amides is 4. The molecule has 0 saturated carbocycles. The third-order valence-electron chi connectivity index (χ3n) is 5.61. The second-order valence-corrected chi connectivity index (χ2v) is 7.88. The summed E-state index contributed by atoms with van der Waals surface area (Å²) in [6.07, 6.45) is -3.36. The first-order valence-corrected chi connectivity index (χ1v) is 10.7. The number of hydrogen-bond donors (Lipinski definition) is 2. The van der Waals surface area contributed by atoms with Crippen LogP contribution in [0.3, 0.4) is 0 Å². The van der Waals surface area contributed by atoms with E-state index in [4.69, 9.17) is 4.74 Å². The average Bonchev–Trinajstić information content (AvgIpc) is 3.17. The molecule has 2 heterocycles. The third kappa shape index (κ3) is 5.27. The summed E-state index contributed by atoms with van der Waals surface area (Å²) in [6.45, 7) is 0.378. The summed E-state index contributed by atoms with van der Waals surface area (Å²) in [5, 5.41) is 4.63. The van der Waals surface area contributed by atoms with Crippen molar-refractivity contribution in [3.05, 3.63) is 77.1 Å². The zero-order valence-electron chi connectivity index (χ0n) is 18.9. The zero-order chi connectivity index (χ0) is 25.9. The molecule has 1 aliphatic heterocycles. The maximum absolute atomic E-state index is 13.0. The molecular formula is C24H20F3N5O4. The second-order valence-electron chi connectivity index (χ2n) is 7.88. The van der Waals surface area contributed by atoms with Crippen LogP contribution in [-0.2, 0) is 17.5 Å². The molecule has 0 radical (unpaired) electrons. The van der Waals surface area contributed by atoms with Crippen LogP contribution in [0.25, 0.3) is 11.4 Å². The number of benzene rings is 2. The molecule has 36 heavy (non-hydrogen) atoms. The fourth-order valence-electron chi connectivity index (χ4n) is 3.84. The minimum atomic E-state index is -4.61. The van der Waals surface area contributed by atoms with E-state index in [1.165, 1.54) is 19.2 Å². The van der Waals surface area contributed by atoms with Crippen LogP contribution in [0.4, 0.5) is 18.0 Å². The van der Waals surface area contributed by atoms with Gasteiger partial charge in [-0.25, -0.2) is 14.8 Å². The van der Waals surface area contributed by atoms with E-state index in [1.807, 2.05) is 5.32 Å². The molecule has 0 spiro atoms. The Hall–Kier alpha value is -4.48. The predicted octanol–water partition coefficient (Wildman–Crippen LogP) is 3.32. The number of carbonyl (C=O) groups excluding carboxylic acids is 3. The van der Waals surface area contributed by atoms with Crippen LogP contribution in [0, 0.1) is 0 Å². The number of urea groups is 1. The molecule has 186 valence electrons. The van der Waals surface area contributed by atoms with Gasteiger partial charge in [-0.15, -0.1) is 0 Å². The average molecular weight is 499 g/mol. The van der Waals surface area contributed by atoms with Crippen molar-refractivity contribution >= 4 is 18.3 Å². The summed E-state index contributed by atoms with van der Waals surface area (Å²) in [6, 6.07) is 10.7. The van der Waals surface area contributed by atoms with Crippen LogP contribution in [0.5, 0.6) is 5.75 Å². The van der Waals surface area contributed by atoms with E-state index in [0.29, 0.717) is 29.0 Å². The number of carbonyl (C=O) groups is 3. The second kappa shape index (κ2) is 10.0. The van der Waals surface area contributed by atoms with Gasteiger partial charge in [-0.2, -0.15) is 13.2 Å². The standard InChI is InChI=1S/C24H20F3N5O4/c1-36-17-7-6-16-11-32(22(34)18(16)10-17)12-19(30-23(35)29-13-33)14-2-4-15(5-3-14)21-28-9-8-20(31-21)24(25,26)27/h2-10,13,19H,11-12H2,1H3,(H2,29,30,33,35)/t19-/m0/s1. The highest BCUT2D eigenvalue weighted by Crippen LogP contribution is 2.30. The Labute approximate surface area is 203 Å². The fraction of sp³-hybridized carbons (Fsp3) is 0.208. The first-order valence-electron chi connectivity index (χ1n) is 10.7. The number of nitrogens with one attached hydrogen (secondary N) is 2. The molecule has 4 rings (SSSR count). The Bertz CT molecular complexity index is 1300. The van der Waals surface area contributed by atoms with Gasteiger partial charge in [0.1, 0.15) is 11.4 Å². The molecule has 12 heteroatoms. The number of hydrogen-bond acceptors (Lipinski definition) is 6. The van der Waals surface area contributed by atoms with E-state index in [-0.39, 0.29) is 24.7 Å². The Morgan fingerprint density at radius 1 is 1.19 bits per heavy atom. The maximum atomic E-state index is 13.0. The third-order valence-corrected chi connectivity index (χ3v) is 5.61. The van der Waals surface area contributed by atoms with Crippen LogP contribution < -0.4 is 15.4 Å². The minimum absolute atomic E-state index is 0.0709. The maximum Gasteiger partial charge on any atom is 0.433 e. The van der Waals surface area contributed by atoms with Gasteiger partial charge >= 0.3 is 12.2 Å². The molecule has 0 unspecified atom stereocenters. The topological polar surface area (TPSA) is 114 Å². The van der Waals surface area contributed by atoms with E-state index >= 15 is 0 Å². The van der Waals surface area contributed by atoms with E-state index < -0.39 is 23.9 Å². The summed E-state index contributed by atoms with van der Waals surface area (Å²) < 4.78 is 44.2. The number of nitrogens with zero attached hydrogens (tertiary/aromatic N) is 3. The van der Waals surface area contributed by atoms with Crippen molar-refractivity contribution in [2.75, 3.05) is 13.7 Å². The monoisotopic (exact) mass is 499 g/mol. The zero-order valence-corrected chi connectivity index (χ0v) is 18.9. The molecule has 3 aromatic rings. The van der Waals surface area contributed by atoms with Gasteiger partial charge in [-0.05, 0) is 29.3 Å². The summed E-state index contributed by atoms with van der Waals surface area (Å²) in [7, 11) is 1.50. The molecular weight excluding hydrogens is 479 g/mol. The molecule has 1 atom stereocenters. The number of halogens is 3. The van der Waals surface area contributed by atoms with Gasteiger partial charge in [0.05, 0.1) is 13.2 Å². The number of methoxy groups -OCH3 is 1. The lowest BCUT2D eigenvalue weighted by molar-refractivity contribution is -0.141. The Balaban J connectivity index is 1.58. The molecule has 0 saturated heterocycles. The van der Waals surface area contributed by atoms with E-state index in [1.54, 1.807) is 35.2 Å². The van der Waals surface area contributed by atoms with Crippen molar-refractivity contribution in [2.45, 2.75) is 18.8 Å². The molecule has 0 fully saturated rings. The number of aromatic nitrogens is 2. The van der Waals surface area contributed by atoms with Crippen molar-refractivity contribution in [2.24, 2.45) is 0 Å². The van der Waals surface area contributed by atoms with Gasteiger partial charge in [0.25, 0.3) is 5.91 Å². The molecule has 2 aromatic carbocycles. The normalized spacial score (nSPS) is 13.7. The van der Waals surface area contributed by atoms with Crippen LogP contribution in [0.2, 0.25) is 0 Å². The van der Waals surface area contributed by atoms with Gasteiger partial charge in [-0.1, -0.05) is 30.3 Å². The van der Waals surface area contributed by atoms with Crippen molar-refractivity contribution in [1.82, 2.24) is 25.5 Å². The molecule has 2 N–H and O–H groups in total. The lowest BCUT2D eigenvalue weighted by Gasteiger charge is -2.25. The predicted molar refractivity (Wildman–Crippen MR) is 121 cm³/mol. The summed E-state index contributed by atoms with van der Waals surface area (Å²) >= 11 is 0. The lowest BCUT2D eigenvalue weighted by Crippen LogP contribution is -2.42. The quantitative estimate of drug-likeness (QED) is 0.482. The Kier molecular flexibility index (Phi) is 6.86. The van der Waals surface area contributed by atoms with Crippen molar-refractivity contribution in [1.29, 1.82) is 0 Å². The molecule has 0 bridgehead atoms. The van der Waals surface area contributed by atoms with Crippen LogP contribution in [-0.4, -0.2) is 46.9 Å². The van der Waals surface area contributed by atoms with Crippen LogP contribution in [0.1, 0.15) is 33.2 Å². The van der Waals surface area contributed by atoms with Gasteiger partial charge in [0.2, 0.25) is 6.41 Å². The number of imide groups is 1. The van der Waals surface area contributed by atoms with Crippen LogP contribution in [0.15, 0.2) is 54.7 Å². The summed E-state index contributed by atoms with van der Waals surface area (Å²) in [5.41, 5.74) is 1.10. The highest BCUT2D eigenvalue weighted by molar-refractivity contribution is 5.98. The largest absolute Gasteiger partial charge is 0.497 e.